The Hall–Kier alpha value is -2.83. The highest BCUT2D eigenvalue weighted by molar-refractivity contribution is 6.00. The van der Waals surface area contributed by atoms with E-state index in [0.29, 0.717) is 5.56 Å². The summed E-state index contributed by atoms with van der Waals surface area (Å²) >= 11 is 0. The summed E-state index contributed by atoms with van der Waals surface area (Å²) in [5.74, 6) is -0.980. The van der Waals surface area contributed by atoms with Gasteiger partial charge in [-0.05, 0) is 35.9 Å². The predicted molar refractivity (Wildman–Crippen MR) is 81.5 cm³/mol. The topological polar surface area (TPSA) is 52.6 Å². The molecule has 1 heterocycles. The van der Waals surface area contributed by atoms with Crippen LogP contribution in [0.1, 0.15) is 44.4 Å². The molecular weight excluding hydrogens is 337 g/mol. The van der Waals surface area contributed by atoms with Gasteiger partial charge in [0, 0.05) is 0 Å². The van der Waals surface area contributed by atoms with Gasteiger partial charge in [0.25, 0.3) is 0 Å². The minimum Gasteiger partial charge on any atom is -0.484 e. The van der Waals surface area contributed by atoms with Crippen molar-refractivity contribution >= 4 is 11.8 Å². The first-order valence-electron chi connectivity index (χ1n) is 7.39. The number of esters is 1. The second-order valence-corrected chi connectivity index (χ2v) is 5.56. The van der Waals surface area contributed by atoms with Crippen LogP contribution in [0.4, 0.5) is 13.2 Å². The number of carbonyl (C=O) groups excluding carboxylic acids is 2. The van der Waals surface area contributed by atoms with Gasteiger partial charge in [0.05, 0.1) is 30.2 Å². The Morgan fingerprint density at radius 1 is 1.20 bits per heavy atom. The molecule has 0 spiro atoms. The van der Waals surface area contributed by atoms with Crippen LogP contribution in [-0.4, -0.2) is 18.9 Å². The summed E-state index contributed by atoms with van der Waals surface area (Å²) in [5, 5.41) is 0. The van der Waals surface area contributed by atoms with Crippen LogP contribution in [0.15, 0.2) is 42.5 Å². The van der Waals surface area contributed by atoms with Crippen LogP contribution < -0.4 is 4.74 Å². The Labute approximate surface area is 141 Å². The van der Waals surface area contributed by atoms with Crippen LogP contribution in [-0.2, 0) is 10.9 Å². The number of rotatable bonds is 2. The van der Waals surface area contributed by atoms with E-state index in [1.54, 1.807) is 12.1 Å². The summed E-state index contributed by atoms with van der Waals surface area (Å²) in [6.45, 7) is 0. The Morgan fingerprint density at radius 2 is 1.96 bits per heavy atom. The van der Waals surface area contributed by atoms with Crippen molar-refractivity contribution in [1.82, 2.24) is 0 Å². The molecule has 130 valence electrons. The molecule has 25 heavy (non-hydrogen) atoms. The lowest BCUT2D eigenvalue weighted by atomic mass is 9.94. The molecule has 0 aliphatic carbocycles. The average Bonchev–Trinajstić information content (AvgIpc) is 2.59. The number of ketones is 1. The lowest BCUT2D eigenvalue weighted by molar-refractivity contribution is -0.137. The van der Waals surface area contributed by atoms with Gasteiger partial charge in [-0.25, -0.2) is 4.79 Å². The van der Waals surface area contributed by atoms with Gasteiger partial charge in [0.15, 0.2) is 5.78 Å². The summed E-state index contributed by atoms with van der Waals surface area (Å²) in [6, 6.07) is 9.08. The van der Waals surface area contributed by atoms with Gasteiger partial charge in [-0.15, -0.1) is 0 Å². The first kappa shape index (κ1) is 17.0. The van der Waals surface area contributed by atoms with Crippen LogP contribution in [0.5, 0.6) is 5.75 Å². The van der Waals surface area contributed by atoms with E-state index in [1.807, 2.05) is 0 Å². The van der Waals surface area contributed by atoms with E-state index >= 15 is 0 Å². The third-order valence-electron chi connectivity index (χ3n) is 3.93. The maximum absolute atomic E-state index is 12.9. The van der Waals surface area contributed by atoms with Gasteiger partial charge in [-0.1, -0.05) is 12.1 Å². The molecule has 0 radical (unpaired) electrons. The van der Waals surface area contributed by atoms with Gasteiger partial charge >= 0.3 is 12.1 Å². The fraction of sp³-hybridized carbons (Fsp3) is 0.222. The Bertz CT molecular complexity index is 842. The average molecular weight is 350 g/mol. The number of benzene rings is 2. The first-order chi connectivity index (χ1) is 11.8. The predicted octanol–water partition coefficient (Wildman–Crippen LogP) is 4.20. The molecule has 0 amide bonds. The number of hydrogen-bond donors (Lipinski definition) is 0. The highest BCUT2D eigenvalue weighted by Gasteiger charge is 2.34. The number of ether oxygens (including phenoxy) is 2. The largest absolute Gasteiger partial charge is 0.484 e. The van der Waals surface area contributed by atoms with Crippen molar-refractivity contribution in [1.29, 1.82) is 0 Å². The summed E-state index contributed by atoms with van der Waals surface area (Å²) in [6.07, 6.45) is -5.32. The molecule has 7 heteroatoms. The third kappa shape index (κ3) is 3.35. The van der Waals surface area contributed by atoms with Crippen LogP contribution in [0, 0.1) is 0 Å². The number of halogens is 3. The van der Waals surface area contributed by atoms with Gasteiger partial charge in [0.2, 0.25) is 0 Å². The minimum atomic E-state index is -4.53. The Morgan fingerprint density at radius 3 is 2.64 bits per heavy atom. The van der Waals surface area contributed by atoms with Crippen molar-refractivity contribution in [3.63, 3.8) is 0 Å². The third-order valence-corrected chi connectivity index (χ3v) is 3.93. The lowest BCUT2D eigenvalue weighted by Crippen LogP contribution is -2.21. The molecule has 0 saturated carbocycles. The van der Waals surface area contributed by atoms with E-state index < -0.39 is 23.8 Å². The van der Waals surface area contributed by atoms with Gasteiger partial charge in [-0.3, -0.25) is 4.79 Å². The van der Waals surface area contributed by atoms with Crippen LogP contribution >= 0.6 is 0 Å². The quantitative estimate of drug-likeness (QED) is 0.762. The summed E-state index contributed by atoms with van der Waals surface area (Å²) in [5.41, 5.74) is 0.0154. The normalized spacial score (nSPS) is 16.8. The number of Topliss-reactive ketones (excluding diaryl/α,β-unsaturated/α-hetero) is 1. The molecule has 0 unspecified atom stereocenters. The molecule has 3 rings (SSSR count). The molecule has 4 nitrogen and oxygen atoms in total. The van der Waals surface area contributed by atoms with E-state index in [9.17, 15) is 22.8 Å². The second-order valence-electron chi connectivity index (χ2n) is 5.56. The maximum Gasteiger partial charge on any atom is 0.416 e. The number of alkyl halides is 3. The molecule has 1 aliphatic heterocycles. The highest BCUT2D eigenvalue weighted by Crippen LogP contribution is 2.39. The van der Waals surface area contributed by atoms with E-state index in [0.717, 1.165) is 18.2 Å². The van der Waals surface area contributed by atoms with Crippen LogP contribution in [0.2, 0.25) is 0 Å². The van der Waals surface area contributed by atoms with E-state index in [-0.39, 0.29) is 29.1 Å². The number of fused-ring (bicyclic) bond motifs is 1. The lowest BCUT2D eigenvalue weighted by Gasteiger charge is -2.26. The first-order valence-corrected chi connectivity index (χ1v) is 7.39. The smallest absolute Gasteiger partial charge is 0.416 e. The van der Waals surface area contributed by atoms with E-state index in [1.165, 1.54) is 19.2 Å². The fourth-order valence-corrected chi connectivity index (χ4v) is 2.67. The molecule has 0 bridgehead atoms. The fourth-order valence-electron chi connectivity index (χ4n) is 2.67. The Balaban J connectivity index is 1.95. The zero-order valence-corrected chi connectivity index (χ0v) is 13.1. The van der Waals surface area contributed by atoms with Crippen molar-refractivity contribution in [3.8, 4) is 5.75 Å². The highest BCUT2D eigenvalue weighted by atomic mass is 19.4. The van der Waals surface area contributed by atoms with E-state index in [4.69, 9.17) is 4.74 Å². The number of carbonyl (C=O) groups is 2. The van der Waals surface area contributed by atoms with Gasteiger partial charge in [0.1, 0.15) is 11.9 Å². The zero-order valence-electron chi connectivity index (χ0n) is 13.1. The van der Waals surface area contributed by atoms with E-state index in [2.05, 4.69) is 4.74 Å². The van der Waals surface area contributed by atoms with Crippen molar-refractivity contribution in [2.24, 2.45) is 0 Å². The van der Waals surface area contributed by atoms with Crippen molar-refractivity contribution in [3.05, 3.63) is 64.7 Å². The molecule has 0 aromatic heterocycles. The second kappa shape index (κ2) is 6.23. The van der Waals surface area contributed by atoms with Gasteiger partial charge in [-0.2, -0.15) is 13.2 Å². The standard InChI is InChI=1S/C18H13F3O4/c1-24-17(23)11-4-2-3-10(7-11)15-9-14(22)13-6-5-12(18(19,20)21)8-16(13)25-15/h2-8,15H,9H2,1H3/t15-/m1/s1. The molecule has 2 aromatic carbocycles. The minimum absolute atomic E-state index is 0.0248. The molecule has 0 saturated heterocycles. The maximum atomic E-state index is 12.9. The monoisotopic (exact) mass is 350 g/mol. The van der Waals surface area contributed by atoms with Gasteiger partial charge < -0.3 is 9.47 Å². The summed E-state index contributed by atoms with van der Waals surface area (Å²) in [4.78, 5) is 23.9. The van der Waals surface area contributed by atoms with Crippen LogP contribution in [0.3, 0.4) is 0 Å². The number of methoxy groups -OCH3 is 1. The molecule has 2 aromatic rings. The summed E-state index contributed by atoms with van der Waals surface area (Å²) < 4.78 is 48.8. The molecule has 0 N–H and O–H groups in total. The SMILES string of the molecule is COC(=O)c1cccc([C@H]2CC(=O)c3ccc(C(F)(F)F)cc3O2)c1. The van der Waals surface area contributed by atoms with Crippen molar-refractivity contribution in [2.75, 3.05) is 7.11 Å². The molecule has 0 fully saturated rings. The number of hydrogen-bond acceptors (Lipinski definition) is 4. The van der Waals surface area contributed by atoms with Crippen molar-refractivity contribution < 1.29 is 32.2 Å². The van der Waals surface area contributed by atoms with Crippen LogP contribution in [0.25, 0.3) is 0 Å². The molecule has 1 aliphatic rings. The molecular formula is C18H13F3O4. The van der Waals surface area contributed by atoms with Crippen molar-refractivity contribution in [2.45, 2.75) is 18.7 Å². The Kier molecular flexibility index (Phi) is 4.24. The zero-order chi connectivity index (χ0) is 18.2. The summed E-state index contributed by atoms with van der Waals surface area (Å²) in [7, 11) is 1.24. The molecule has 1 atom stereocenters.